The van der Waals surface area contributed by atoms with Gasteiger partial charge in [0.25, 0.3) is 0 Å². The van der Waals surface area contributed by atoms with E-state index in [0.29, 0.717) is 17.7 Å². The molecule has 0 aliphatic heterocycles. The first-order valence-electron chi connectivity index (χ1n) is 5.22. The van der Waals surface area contributed by atoms with Gasteiger partial charge in [-0.3, -0.25) is 4.79 Å². The van der Waals surface area contributed by atoms with Crippen LogP contribution in [0.15, 0.2) is 0 Å². The highest BCUT2D eigenvalue weighted by Crippen LogP contribution is 2.30. The van der Waals surface area contributed by atoms with E-state index < -0.39 is 43.9 Å². The van der Waals surface area contributed by atoms with E-state index in [2.05, 4.69) is 0 Å². The molecule has 0 aromatic rings. The van der Waals surface area contributed by atoms with Crippen molar-refractivity contribution in [1.82, 2.24) is 10.2 Å². The number of nitrogens with zero attached hydrogens (tertiary/aromatic N) is 1. The van der Waals surface area contributed by atoms with Crippen molar-refractivity contribution < 1.29 is 31.1 Å². The van der Waals surface area contributed by atoms with Gasteiger partial charge >= 0.3 is 12.4 Å². The van der Waals surface area contributed by atoms with Crippen LogP contribution in [0.3, 0.4) is 0 Å². The number of hydrogen-bond acceptors (Lipinski definition) is 2. The zero-order chi connectivity index (χ0) is 14.0. The predicted molar refractivity (Wildman–Crippen MR) is 49.7 cm³/mol. The average molecular weight is 278 g/mol. The van der Waals surface area contributed by atoms with Crippen LogP contribution in [-0.2, 0) is 4.79 Å². The summed E-state index contributed by atoms with van der Waals surface area (Å²) in [5.74, 6) is -0.959. The monoisotopic (exact) mass is 278 g/mol. The van der Waals surface area contributed by atoms with Gasteiger partial charge in [-0.25, -0.2) is 0 Å². The van der Waals surface area contributed by atoms with E-state index in [1.54, 1.807) is 5.32 Å². The third-order valence-electron chi connectivity index (χ3n) is 2.26. The number of carbonyl (C=O) groups is 1. The minimum Gasteiger partial charge on any atom is -0.330 e. The van der Waals surface area contributed by atoms with Crippen molar-refractivity contribution in [3.8, 4) is 0 Å². The van der Waals surface area contributed by atoms with E-state index in [9.17, 15) is 31.1 Å². The summed E-state index contributed by atoms with van der Waals surface area (Å²) in [6, 6.07) is -0.494. The topological polar surface area (TPSA) is 32.3 Å². The van der Waals surface area contributed by atoms with Gasteiger partial charge in [0, 0.05) is 6.04 Å². The molecular formula is C9H12F6N2O. The summed E-state index contributed by atoms with van der Waals surface area (Å²) in [5, 5.41) is 1.79. The molecule has 0 unspecified atom stereocenters. The Morgan fingerprint density at radius 2 is 1.67 bits per heavy atom. The average Bonchev–Trinajstić information content (AvgIpc) is 2.93. The van der Waals surface area contributed by atoms with Gasteiger partial charge in [0.2, 0.25) is 5.91 Å². The van der Waals surface area contributed by atoms with Gasteiger partial charge in [-0.2, -0.15) is 26.3 Å². The Morgan fingerprint density at radius 1 is 1.11 bits per heavy atom. The third-order valence-corrected chi connectivity index (χ3v) is 2.26. The van der Waals surface area contributed by atoms with Crippen LogP contribution >= 0.6 is 0 Å². The Bertz CT molecular complexity index is 296. The quantitative estimate of drug-likeness (QED) is 0.776. The summed E-state index contributed by atoms with van der Waals surface area (Å²) >= 11 is 0. The van der Waals surface area contributed by atoms with E-state index in [1.165, 1.54) is 0 Å². The van der Waals surface area contributed by atoms with Crippen molar-refractivity contribution in [2.24, 2.45) is 0 Å². The fourth-order valence-electron chi connectivity index (χ4n) is 1.41. The lowest BCUT2D eigenvalue weighted by molar-refractivity contribution is -0.162. The van der Waals surface area contributed by atoms with Crippen LogP contribution in [0.1, 0.15) is 12.8 Å². The molecule has 1 N–H and O–H groups in total. The zero-order valence-electron chi connectivity index (χ0n) is 9.24. The maximum Gasteiger partial charge on any atom is 0.406 e. The molecule has 1 rings (SSSR count). The van der Waals surface area contributed by atoms with Crippen LogP contribution in [-0.4, -0.2) is 48.8 Å². The summed E-state index contributed by atoms with van der Waals surface area (Å²) < 4.78 is 71.9. The van der Waals surface area contributed by atoms with E-state index in [1.807, 2.05) is 0 Å². The first-order valence-corrected chi connectivity index (χ1v) is 5.22. The van der Waals surface area contributed by atoms with E-state index in [0.717, 1.165) is 0 Å². The standard InChI is InChI=1S/C9H12F6N2O/c10-8(11,12)4-16-3-7(18)17(6-1-2-6)5-9(13,14)15/h6,16H,1-5H2. The molecule has 0 aromatic carbocycles. The van der Waals surface area contributed by atoms with Crippen LogP contribution in [0.4, 0.5) is 26.3 Å². The smallest absolute Gasteiger partial charge is 0.330 e. The van der Waals surface area contributed by atoms with Crippen LogP contribution in [0.25, 0.3) is 0 Å². The lowest BCUT2D eigenvalue weighted by atomic mass is 10.4. The zero-order valence-corrected chi connectivity index (χ0v) is 9.24. The first-order chi connectivity index (χ1) is 8.08. The van der Waals surface area contributed by atoms with Crippen LogP contribution < -0.4 is 5.32 Å². The Morgan fingerprint density at radius 3 is 2.06 bits per heavy atom. The van der Waals surface area contributed by atoms with E-state index >= 15 is 0 Å². The van der Waals surface area contributed by atoms with Crippen molar-refractivity contribution in [2.75, 3.05) is 19.6 Å². The number of amides is 1. The lowest BCUT2D eigenvalue weighted by Crippen LogP contribution is -2.45. The van der Waals surface area contributed by atoms with Gasteiger partial charge in [0.05, 0.1) is 13.1 Å². The lowest BCUT2D eigenvalue weighted by Gasteiger charge is -2.24. The molecule has 0 bridgehead atoms. The number of carbonyl (C=O) groups excluding carboxylic acids is 1. The maximum absolute atomic E-state index is 12.2. The molecule has 1 amide bonds. The predicted octanol–water partition coefficient (Wildman–Crippen LogP) is 1.69. The fraction of sp³-hybridized carbons (Fsp3) is 0.889. The Balaban J connectivity index is 2.41. The second-order valence-electron chi connectivity index (χ2n) is 4.09. The van der Waals surface area contributed by atoms with Crippen molar-refractivity contribution in [2.45, 2.75) is 31.2 Å². The summed E-state index contributed by atoms with van der Waals surface area (Å²) in [5.41, 5.74) is 0. The molecule has 0 saturated heterocycles. The highest BCUT2D eigenvalue weighted by molar-refractivity contribution is 5.79. The molecule has 3 nitrogen and oxygen atoms in total. The number of hydrogen-bond donors (Lipinski definition) is 1. The van der Waals surface area contributed by atoms with Crippen LogP contribution in [0.5, 0.6) is 0 Å². The molecule has 1 saturated carbocycles. The molecule has 0 spiro atoms. The van der Waals surface area contributed by atoms with Crippen LogP contribution in [0.2, 0.25) is 0 Å². The molecule has 106 valence electrons. The van der Waals surface area contributed by atoms with Gasteiger partial charge in [0.1, 0.15) is 6.54 Å². The summed E-state index contributed by atoms with van der Waals surface area (Å²) in [4.78, 5) is 12.0. The SMILES string of the molecule is O=C(CNCC(F)(F)F)N(CC(F)(F)F)C1CC1. The molecule has 9 heteroatoms. The first kappa shape index (κ1) is 15.1. The second kappa shape index (κ2) is 5.33. The highest BCUT2D eigenvalue weighted by atomic mass is 19.4. The van der Waals surface area contributed by atoms with Gasteiger partial charge in [-0.15, -0.1) is 0 Å². The number of nitrogens with one attached hydrogen (secondary N) is 1. The van der Waals surface area contributed by atoms with E-state index in [4.69, 9.17) is 0 Å². The molecule has 1 aliphatic rings. The van der Waals surface area contributed by atoms with Gasteiger partial charge < -0.3 is 10.2 Å². The van der Waals surface area contributed by atoms with Gasteiger partial charge in [0.15, 0.2) is 0 Å². The van der Waals surface area contributed by atoms with Crippen molar-refractivity contribution in [1.29, 1.82) is 0 Å². The second-order valence-corrected chi connectivity index (χ2v) is 4.09. The molecule has 1 aliphatic carbocycles. The van der Waals surface area contributed by atoms with Gasteiger partial charge in [-0.1, -0.05) is 0 Å². The molecular weight excluding hydrogens is 266 g/mol. The molecule has 18 heavy (non-hydrogen) atoms. The van der Waals surface area contributed by atoms with Crippen molar-refractivity contribution in [3.63, 3.8) is 0 Å². The summed E-state index contributed by atoms with van der Waals surface area (Å²) in [7, 11) is 0. The number of alkyl halides is 6. The Labute approximate surface area is 99.1 Å². The summed E-state index contributed by atoms with van der Waals surface area (Å²) in [6.45, 7) is -3.56. The van der Waals surface area contributed by atoms with Crippen LogP contribution in [0, 0.1) is 0 Å². The molecule has 0 heterocycles. The number of rotatable bonds is 5. The molecule has 1 fully saturated rings. The molecule has 0 atom stereocenters. The Kier molecular flexibility index (Phi) is 4.46. The van der Waals surface area contributed by atoms with E-state index in [-0.39, 0.29) is 0 Å². The Hall–Kier alpha value is -0.990. The minimum absolute atomic E-state index is 0.459. The normalized spacial score (nSPS) is 16.8. The van der Waals surface area contributed by atoms with Gasteiger partial charge in [-0.05, 0) is 12.8 Å². The molecule has 0 radical (unpaired) electrons. The maximum atomic E-state index is 12.2. The highest BCUT2D eigenvalue weighted by Gasteiger charge is 2.40. The fourth-order valence-corrected chi connectivity index (χ4v) is 1.41. The third kappa shape index (κ3) is 6.08. The summed E-state index contributed by atoms with van der Waals surface area (Å²) in [6.07, 6.45) is -8.11. The molecule has 0 aromatic heterocycles. The number of halogens is 6. The van der Waals surface area contributed by atoms with Crippen molar-refractivity contribution in [3.05, 3.63) is 0 Å². The minimum atomic E-state index is -4.54. The van der Waals surface area contributed by atoms with Crippen molar-refractivity contribution >= 4 is 5.91 Å². The largest absolute Gasteiger partial charge is 0.406 e.